The van der Waals surface area contributed by atoms with Crippen LogP contribution < -0.4 is 10.1 Å². The molecule has 0 atom stereocenters. The molecule has 6 nitrogen and oxygen atoms in total. The van der Waals surface area contributed by atoms with Gasteiger partial charge in [0.2, 0.25) is 5.91 Å². The second-order valence-electron chi connectivity index (χ2n) is 7.59. The Labute approximate surface area is 183 Å². The van der Waals surface area contributed by atoms with E-state index in [1.807, 2.05) is 71.6 Å². The number of carbonyl (C=O) groups is 1. The van der Waals surface area contributed by atoms with Crippen LogP contribution in [-0.4, -0.2) is 53.9 Å². The van der Waals surface area contributed by atoms with Gasteiger partial charge in [-0.25, -0.2) is 4.68 Å². The quantitative estimate of drug-likeness (QED) is 0.568. The molecular formula is C25H28N4O2. The number of hydrogen-bond donors (Lipinski definition) is 1. The van der Waals surface area contributed by atoms with Crippen LogP contribution in [0.1, 0.15) is 18.4 Å². The number of nitrogens with one attached hydrogen (secondary N) is 1. The zero-order valence-corrected chi connectivity index (χ0v) is 17.8. The Balaban J connectivity index is 1.55. The number of para-hydroxylation sites is 2. The molecule has 0 radical (unpaired) electrons. The summed E-state index contributed by atoms with van der Waals surface area (Å²) in [6, 6.07) is 17.7. The number of nitrogens with zero attached hydrogens (tertiary/aromatic N) is 3. The molecule has 1 amide bonds. The standard InChI is InChI=1S/C25H28N4O2/c1-31-23-12-6-5-11-22(23)25-20(19-29(27-25)21-9-3-2-4-10-21)13-14-24(30)26-15-18-28-16-7-8-17-28/h2-6,9-14,19H,7-8,15-18H2,1H3,(H,26,30)/b14-13+. The fraction of sp³-hybridized carbons (Fsp3) is 0.280. The van der Waals surface area contributed by atoms with Gasteiger partial charge < -0.3 is 15.0 Å². The van der Waals surface area contributed by atoms with E-state index in [-0.39, 0.29) is 5.91 Å². The smallest absolute Gasteiger partial charge is 0.244 e. The predicted octanol–water partition coefficient (Wildman–Crippen LogP) is 3.77. The maximum absolute atomic E-state index is 12.4. The number of amides is 1. The van der Waals surface area contributed by atoms with Crippen molar-refractivity contribution in [2.24, 2.45) is 0 Å². The molecule has 1 saturated heterocycles. The highest BCUT2D eigenvalue weighted by Gasteiger charge is 2.15. The normalized spacial score (nSPS) is 14.2. The molecule has 0 unspecified atom stereocenters. The molecule has 0 spiro atoms. The zero-order chi connectivity index (χ0) is 21.5. The van der Waals surface area contributed by atoms with Crippen LogP contribution in [0.2, 0.25) is 0 Å². The summed E-state index contributed by atoms with van der Waals surface area (Å²) in [5.74, 6) is 0.642. The van der Waals surface area contributed by atoms with Gasteiger partial charge in [-0.1, -0.05) is 30.3 Å². The maximum Gasteiger partial charge on any atom is 0.244 e. The molecule has 1 aliphatic rings. The van der Waals surface area contributed by atoms with E-state index in [4.69, 9.17) is 9.84 Å². The summed E-state index contributed by atoms with van der Waals surface area (Å²) in [6.45, 7) is 3.82. The van der Waals surface area contributed by atoms with E-state index in [0.717, 1.165) is 47.9 Å². The first-order chi connectivity index (χ1) is 15.2. The van der Waals surface area contributed by atoms with Crippen molar-refractivity contribution in [2.75, 3.05) is 33.3 Å². The van der Waals surface area contributed by atoms with Crippen LogP contribution >= 0.6 is 0 Å². The molecule has 160 valence electrons. The summed E-state index contributed by atoms with van der Waals surface area (Å²) >= 11 is 0. The zero-order valence-electron chi connectivity index (χ0n) is 17.8. The van der Waals surface area contributed by atoms with Gasteiger partial charge in [-0.3, -0.25) is 4.79 Å². The van der Waals surface area contributed by atoms with Crippen LogP contribution in [0.15, 0.2) is 66.9 Å². The third-order valence-corrected chi connectivity index (χ3v) is 5.47. The highest BCUT2D eigenvalue weighted by Crippen LogP contribution is 2.32. The Morgan fingerprint density at radius 3 is 2.61 bits per heavy atom. The number of ether oxygens (including phenoxy) is 1. The van der Waals surface area contributed by atoms with Gasteiger partial charge in [-0.2, -0.15) is 5.10 Å². The molecule has 0 bridgehead atoms. The Hall–Kier alpha value is -3.38. The van der Waals surface area contributed by atoms with Gasteiger partial charge in [0.15, 0.2) is 0 Å². The van der Waals surface area contributed by atoms with Crippen LogP contribution in [0.4, 0.5) is 0 Å². The van der Waals surface area contributed by atoms with E-state index in [1.165, 1.54) is 12.8 Å². The minimum atomic E-state index is -0.0994. The fourth-order valence-electron chi connectivity index (χ4n) is 3.84. The van der Waals surface area contributed by atoms with E-state index in [0.29, 0.717) is 6.54 Å². The average molecular weight is 417 g/mol. The van der Waals surface area contributed by atoms with Crippen LogP contribution in [0, 0.1) is 0 Å². The first kappa shape index (κ1) is 20.9. The molecular weight excluding hydrogens is 388 g/mol. The average Bonchev–Trinajstić information content (AvgIpc) is 3.48. The molecule has 1 aromatic heterocycles. The fourth-order valence-corrected chi connectivity index (χ4v) is 3.84. The maximum atomic E-state index is 12.4. The number of carbonyl (C=O) groups excluding carboxylic acids is 1. The second kappa shape index (κ2) is 10.1. The van der Waals surface area contributed by atoms with E-state index >= 15 is 0 Å². The lowest BCUT2D eigenvalue weighted by molar-refractivity contribution is -0.116. The monoisotopic (exact) mass is 416 g/mol. The van der Waals surface area contributed by atoms with Crippen molar-refractivity contribution in [3.63, 3.8) is 0 Å². The summed E-state index contributed by atoms with van der Waals surface area (Å²) in [5.41, 5.74) is 3.45. The minimum absolute atomic E-state index is 0.0994. The van der Waals surface area contributed by atoms with Crippen LogP contribution in [0.3, 0.4) is 0 Å². The number of hydrogen-bond acceptors (Lipinski definition) is 4. The molecule has 3 aromatic rings. The van der Waals surface area contributed by atoms with E-state index in [2.05, 4.69) is 10.2 Å². The summed E-state index contributed by atoms with van der Waals surface area (Å²) in [5, 5.41) is 7.78. The number of rotatable bonds is 8. The summed E-state index contributed by atoms with van der Waals surface area (Å²) in [7, 11) is 1.65. The molecule has 0 aliphatic carbocycles. The number of aromatic nitrogens is 2. The Bertz CT molecular complexity index is 1040. The summed E-state index contributed by atoms with van der Waals surface area (Å²) in [4.78, 5) is 14.8. The first-order valence-corrected chi connectivity index (χ1v) is 10.7. The molecule has 2 aromatic carbocycles. The molecule has 31 heavy (non-hydrogen) atoms. The van der Waals surface area contributed by atoms with Crippen molar-refractivity contribution in [1.82, 2.24) is 20.0 Å². The SMILES string of the molecule is COc1ccccc1-c1nn(-c2ccccc2)cc1/C=C/C(=O)NCCN1CCCC1. The Morgan fingerprint density at radius 2 is 1.84 bits per heavy atom. The van der Waals surface area contributed by atoms with Crippen LogP contribution in [0.5, 0.6) is 5.75 Å². The van der Waals surface area contributed by atoms with Crippen molar-refractivity contribution in [3.8, 4) is 22.7 Å². The third-order valence-electron chi connectivity index (χ3n) is 5.47. The summed E-state index contributed by atoms with van der Waals surface area (Å²) in [6.07, 6.45) is 7.84. The van der Waals surface area contributed by atoms with Gasteiger partial charge >= 0.3 is 0 Å². The molecule has 6 heteroatoms. The number of methoxy groups -OCH3 is 1. The largest absolute Gasteiger partial charge is 0.496 e. The number of likely N-dealkylation sites (tertiary alicyclic amines) is 1. The highest BCUT2D eigenvalue weighted by molar-refractivity contribution is 5.93. The molecule has 2 heterocycles. The third kappa shape index (κ3) is 5.22. The van der Waals surface area contributed by atoms with Gasteiger partial charge in [-0.05, 0) is 56.3 Å². The van der Waals surface area contributed by atoms with E-state index in [9.17, 15) is 4.79 Å². The first-order valence-electron chi connectivity index (χ1n) is 10.7. The van der Waals surface area contributed by atoms with E-state index in [1.54, 1.807) is 13.2 Å². The molecule has 1 fully saturated rings. The lowest BCUT2D eigenvalue weighted by atomic mass is 10.1. The van der Waals surface area contributed by atoms with Crippen molar-refractivity contribution < 1.29 is 9.53 Å². The highest BCUT2D eigenvalue weighted by atomic mass is 16.5. The van der Waals surface area contributed by atoms with Crippen molar-refractivity contribution >= 4 is 12.0 Å². The van der Waals surface area contributed by atoms with Crippen LogP contribution in [0.25, 0.3) is 23.0 Å². The van der Waals surface area contributed by atoms with Crippen molar-refractivity contribution in [2.45, 2.75) is 12.8 Å². The molecule has 0 saturated carbocycles. The van der Waals surface area contributed by atoms with Crippen molar-refractivity contribution in [1.29, 1.82) is 0 Å². The van der Waals surface area contributed by atoms with Gasteiger partial charge in [0, 0.05) is 36.5 Å². The molecule has 1 N–H and O–H groups in total. The topological polar surface area (TPSA) is 59.4 Å². The molecule has 4 rings (SSSR count). The molecule has 1 aliphatic heterocycles. The van der Waals surface area contributed by atoms with E-state index < -0.39 is 0 Å². The van der Waals surface area contributed by atoms with Crippen molar-refractivity contribution in [3.05, 3.63) is 72.4 Å². The van der Waals surface area contributed by atoms with Gasteiger partial charge in [-0.15, -0.1) is 0 Å². The second-order valence-corrected chi connectivity index (χ2v) is 7.59. The summed E-state index contributed by atoms with van der Waals surface area (Å²) < 4.78 is 7.37. The number of benzene rings is 2. The lowest BCUT2D eigenvalue weighted by Crippen LogP contribution is -2.32. The minimum Gasteiger partial charge on any atom is -0.496 e. The van der Waals surface area contributed by atoms with Gasteiger partial charge in [0.1, 0.15) is 11.4 Å². The predicted molar refractivity (Wildman–Crippen MR) is 123 cm³/mol. The Morgan fingerprint density at radius 1 is 1.10 bits per heavy atom. The Kier molecular flexibility index (Phi) is 6.79. The lowest BCUT2D eigenvalue weighted by Gasteiger charge is -2.13. The van der Waals surface area contributed by atoms with Gasteiger partial charge in [0.05, 0.1) is 12.8 Å². The van der Waals surface area contributed by atoms with Crippen LogP contribution in [-0.2, 0) is 4.79 Å². The van der Waals surface area contributed by atoms with Gasteiger partial charge in [0.25, 0.3) is 0 Å².